The summed E-state index contributed by atoms with van der Waals surface area (Å²) in [5.74, 6) is 0. The highest BCUT2D eigenvalue weighted by Crippen LogP contribution is 2.34. The first kappa shape index (κ1) is 37.2. The minimum Gasteiger partial charge on any atom is -0.309 e. The van der Waals surface area contributed by atoms with Crippen molar-refractivity contribution in [1.29, 1.82) is 0 Å². The zero-order chi connectivity index (χ0) is 43.7. The second kappa shape index (κ2) is 14.2. The summed E-state index contributed by atoms with van der Waals surface area (Å²) in [6.45, 7) is 0.398. The van der Waals surface area contributed by atoms with E-state index in [4.69, 9.17) is 0 Å². The Balaban J connectivity index is 0.952. The first-order valence-electron chi connectivity index (χ1n) is 23.8. The maximum Gasteiger partial charge on any atom is 0.240 e. The van der Waals surface area contributed by atoms with E-state index in [1.54, 1.807) is 0 Å². The van der Waals surface area contributed by atoms with Gasteiger partial charge in [-0.15, -0.1) is 0 Å². The van der Waals surface area contributed by atoms with E-state index < -0.39 is 0 Å². The summed E-state index contributed by atoms with van der Waals surface area (Å²) in [7, 11) is 0. The van der Waals surface area contributed by atoms with Crippen LogP contribution in [0.25, 0.3) is 60.2 Å². The van der Waals surface area contributed by atoms with Crippen LogP contribution in [0.15, 0.2) is 237 Å². The van der Waals surface area contributed by atoms with Crippen molar-refractivity contribution in [3.05, 3.63) is 237 Å². The van der Waals surface area contributed by atoms with Crippen molar-refractivity contribution in [3.8, 4) is 16.8 Å². The molecule has 0 fully saturated rings. The van der Waals surface area contributed by atoms with Gasteiger partial charge in [0.2, 0.25) is 26.9 Å². The van der Waals surface area contributed by atoms with E-state index in [0.29, 0.717) is 0 Å². The summed E-state index contributed by atoms with van der Waals surface area (Å²) in [6, 6.07) is 89.7. The molecular formula is C62H39B4N. The molecule has 0 saturated heterocycles. The number of rotatable bonds is 4. The zero-order valence-corrected chi connectivity index (χ0v) is 36.8. The second-order valence-electron chi connectivity index (χ2n) is 18.9. The van der Waals surface area contributed by atoms with Gasteiger partial charge in [-0.05, 0) is 45.5 Å². The number of hydrogen-bond donors (Lipinski definition) is 0. The van der Waals surface area contributed by atoms with Gasteiger partial charge in [-0.2, -0.15) is 0 Å². The van der Waals surface area contributed by atoms with E-state index in [2.05, 4.69) is 241 Å². The average molecular weight is 841 g/mol. The molecule has 0 radical (unpaired) electrons. The van der Waals surface area contributed by atoms with Crippen molar-refractivity contribution in [3.63, 3.8) is 0 Å². The number of nitrogens with zero attached hydrogens (tertiary/aromatic N) is 1. The van der Waals surface area contributed by atoms with Crippen LogP contribution in [0.2, 0.25) is 0 Å². The highest BCUT2D eigenvalue weighted by Gasteiger charge is 2.50. The maximum atomic E-state index is 2.48. The van der Waals surface area contributed by atoms with Crippen LogP contribution in [0.1, 0.15) is 0 Å². The van der Waals surface area contributed by atoms with Gasteiger partial charge in [0.25, 0.3) is 0 Å². The Kier molecular flexibility index (Phi) is 7.92. The van der Waals surface area contributed by atoms with Crippen LogP contribution < -0.4 is 65.6 Å². The van der Waals surface area contributed by atoms with Gasteiger partial charge in [0, 0.05) is 16.2 Å². The van der Waals surface area contributed by atoms with Gasteiger partial charge in [-0.25, -0.2) is 0 Å². The van der Waals surface area contributed by atoms with Crippen molar-refractivity contribution >= 4 is 136 Å². The molecule has 0 N–H and O–H groups in total. The Labute approximate surface area is 391 Å². The van der Waals surface area contributed by atoms with Gasteiger partial charge in [0.05, 0.1) is 16.7 Å². The molecule has 0 atom stereocenters. The number of aromatic nitrogens is 1. The van der Waals surface area contributed by atoms with E-state index >= 15 is 0 Å². The van der Waals surface area contributed by atoms with Gasteiger partial charge >= 0.3 is 0 Å². The molecule has 0 aliphatic carbocycles. The van der Waals surface area contributed by atoms with E-state index in [1.807, 2.05) is 0 Å². The fourth-order valence-electron chi connectivity index (χ4n) is 13.3. The SMILES string of the molecule is c1ccc(-c2cccc3c(B4c5ccccc5B5c6cccc7c6B(c6ccccc6B7c6cccc7c(-n8c9ccccc9c9ccccc98)cccc67)c6cccc4c65)cccc23)cc1. The average Bonchev–Trinajstić information content (AvgIpc) is 3.73. The zero-order valence-electron chi connectivity index (χ0n) is 36.8. The van der Waals surface area contributed by atoms with E-state index in [-0.39, 0.29) is 26.9 Å². The van der Waals surface area contributed by atoms with Crippen molar-refractivity contribution in [2.75, 3.05) is 0 Å². The van der Waals surface area contributed by atoms with Crippen LogP contribution in [-0.2, 0) is 0 Å². The summed E-state index contributed by atoms with van der Waals surface area (Å²) in [5, 5.41) is 7.74. The number of para-hydroxylation sites is 2. The molecule has 67 heavy (non-hydrogen) atoms. The predicted molar refractivity (Wildman–Crippen MR) is 292 cm³/mol. The van der Waals surface area contributed by atoms with Crippen LogP contribution >= 0.6 is 0 Å². The topological polar surface area (TPSA) is 4.93 Å². The van der Waals surface area contributed by atoms with Crippen molar-refractivity contribution < 1.29 is 0 Å². The highest BCUT2D eigenvalue weighted by atomic mass is 15.0. The first-order valence-corrected chi connectivity index (χ1v) is 23.8. The molecule has 12 aromatic rings. The van der Waals surface area contributed by atoms with Gasteiger partial charge in [-0.3, -0.25) is 0 Å². The summed E-state index contributed by atoms with van der Waals surface area (Å²) < 4.78 is 2.48. The summed E-state index contributed by atoms with van der Waals surface area (Å²) in [6.07, 6.45) is 0. The quantitative estimate of drug-likeness (QED) is 0.199. The lowest BCUT2D eigenvalue weighted by Gasteiger charge is -2.43. The van der Waals surface area contributed by atoms with Gasteiger partial charge in [0.1, 0.15) is 0 Å². The van der Waals surface area contributed by atoms with Crippen LogP contribution in [0.3, 0.4) is 0 Å². The minimum absolute atomic E-state index is 0.0605. The third-order valence-electron chi connectivity index (χ3n) is 15.8. The van der Waals surface area contributed by atoms with Crippen LogP contribution in [0.5, 0.6) is 0 Å². The molecule has 304 valence electrons. The molecule has 0 unspecified atom stereocenters. The molecule has 0 amide bonds. The Bertz CT molecular complexity index is 3990. The van der Waals surface area contributed by atoms with Crippen molar-refractivity contribution in [2.45, 2.75) is 0 Å². The molecule has 0 bridgehead atoms. The fourth-order valence-corrected chi connectivity index (χ4v) is 13.3. The Morgan fingerprint density at radius 1 is 0.224 bits per heavy atom. The maximum absolute atomic E-state index is 2.48. The molecule has 15 rings (SSSR count). The van der Waals surface area contributed by atoms with E-state index in [1.165, 1.54) is 126 Å². The lowest BCUT2D eigenvalue weighted by molar-refractivity contribution is 1.20. The summed E-state index contributed by atoms with van der Waals surface area (Å²) in [4.78, 5) is 0. The first-order chi connectivity index (χ1) is 33.3. The largest absolute Gasteiger partial charge is 0.309 e. The lowest BCUT2D eigenvalue weighted by Crippen LogP contribution is -2.89. The van der Waals surface area contributed by atoms with Gasteiger partial charge in [-0.1, -0.05) is 284 Å². The normalized spacial score (nSPS) is 13.3. The minimum atomic E-state index is 0.0605. The molecule has 1 nitrogen and oxygen atoms in total. The molecule has 3 aliphatic heterocycles. The van der Waals surface area contributed by atoms with E-state index in [9.17, 15) is 0 Å². The smallest absolute Gasteiger partial charge is 0.240 e. The monoisotopic (exact) mass is 841 g/mol. The van der Waals surface area contributed by atoms with Crippen LogP contribution in [-0.4, -0.2) is 31.4 Å². The number of hydrogen-bond acceptors (Lipinski definition) is 0. The van der Waals surface area contributed by atoms with Crippen molar-refractivity contribution in [2.24, 2.45) is 0 Å². The fraction of sp³-hybridized carbons (Fsp3) is 0. The molecule has 4 heterocycles. The highest BCUT2D eigenvalue weighted by molar-refractivity contribution is 7.22. The Hall–Kier alpha value is -8.00. The summed E-state index contributed by atoms with van der Waals surface area (Å²) in [5.41, 5.74) is 23.3. The number of fused-ring (bicyclic) bond motifs is 11. The van der Waals surface area contributed by atoms with Crippen LogP contribution in [0.4, 0.5) is 0 Å². The van der Waals surface area contributed by atoms with E-state index in [0.717, 1.165) is 0 Å². The second-order valence-corrected chi connectivity index (χ2v) is 18.9. The molecule has 5 heteroatoms. The summed E-state index contributed by atoms with van der Waals surface area (Å²) >= 11 is 0. The predicted octanol–water partition coefficient (Wildman–Crippen LogP) is 5.76. The molecule has 1 aromatic heterocycles. The Morgan fingerprint density at radius 2 is 0.582 bits per heavy atom. The third kappa shape index (κ3) is 5.15. The van der Waals surface area contributed by atoms with Crippen molar-refractivity contribution in [1.82, 2.24) is 4.57 Å². The molecule has 0 saturated carbocycles. The molecular weight excluding hydrogens is 802 g/mol. The van der Waals surface area contributed by atoms with Gasteiger partial charge in [0.15, 0.2) is 0 Å². The Morgan fingerprint density at radius 3 is 1.15 bits per heavy atom. The lowest BCUT2D eigenvalue weighted by atomic mass is 9.11. The van der Waals surface area contributed by atoms with Gasteiger partial charge < -0.3 is 4.57 Å². The molecule has 3 aliphatic rings. The molecule has 11 aromatic carbocycles. The standard InChI is InChI=1S/C62H39B4N/c1-2-18-40(19-3-1)41-22-12-24-43-42(41)23-13-31-48(43)63-50-27-6-8-29-52(50)65-57-36-17-34-55-62(57)66(56-35-16-33-54(63)61(56)65)53-30-9-7-28-51(53)64(55)49-32-14-26-45-44(49)25-15-39-60(45)67-58-37-10-4-20-46(58)47-21-5-11-38-59(47)67/h1-39H. The third-order valence-corrected chi connectivity index (χ3v) is 15.8. The molecule has 0 spiro atoms. The van der Waals surface area contributed by atoms with Crippen LogP contribution in [0, 0.1) is 0 Å². The number of benzene rings is 11.